The molecule has 1 aliphatic heterocycles. The number of amides is 1. The smallest absolute Gasteiger partial charge is 0.247 e. The molecule has 0 atom stereocenters. The highest BCUT2D eigenvalue weighted by Crippen LogP contribution is 2.31. The standard InChI is InChI=1S/C19H22N6O.C5H10/c1-2-5-22-19(26)14-6-13-4-3-12(7-16(13)25-17(21)8-14)15-10-23-18(9-20)24-11-15;1-5-3-2-4-5/h3-4,6-7,10-11H,2,5,8-9,20H2,1H3,(H2,21,25)(H,22,26);5H,2-4H2,1H3. The number of amidine groups is 1. The third-order valence-electron chi connectivity index (χ3n) is 5.44. The predicted octanol–water partition coefficient (Wildman–Crippen LogP) is 3.71. The third kappa shape index (κ3) is 6.21. The number of hydrogen-bond acceptors (Lipinski definition) is 6. The minimum atomic E-state index is -0.104. The van der Waals surface area contributed by atoms with Gasteiger partial charge in [0.2, 0.25) is 5.91 Å². The highest BCUT2D eigenvalue weighted by Gasteiger charge is 2.16. The molecule has 0 bridgehead atoms. The van der Waals surface area contributed by atoms with Gasteiger partial charge in [-0.1, -0.05) is 45.2 Å². The zero-order valence-corrected chi connectivity index (χ0v) is 18.4. The predicted molar refractivity (Wildman–Crippen MR) is 126 cm³/mol. The molecule has 1 aromatic heterocycles. The lowest BCUT2D eigenvalue weighted by Crippen LogP contribution is -2.27. The zero-order valence-electron chi connectivity index (χ0n) is 18.4. The van der Waals surface area contributed by atoms with E-state index in [1.807, 2.05) is 31.2 Å². The van der Waals surface area contributed by atoms with Gasteiger partial charge in [-0.3, -0.25) is 4.79 Å². The molecule has 4 rings (SSSR count). The number of rotatable bonds is 5. The Morgan fingerprint density at radius 2 is 1.90 bits per heavy atom. The summed E-state index contributed by atoms with van der Waals surface area (Å²) in [6.07, 6.45) is 11.0. The van der Waals surface area contributed by atoms with Gasteiger partial charge in [-0.2, -0.15) is 0 Å². The largest absolute Gasteiger partial charge is 0.387 e. The second-order valence-corrected chi connectivity index (χ2v) is 8.11. The van der Waals surface area contributed by atoms with Gasteiger partial charge in [0.05, 0.1) is 12.2 Å². The number of aromatic nitrogens is 2. The van der Waals surface area contributed by atoms with E-state index in [1.54, 1.807) is 12.4 Å². The van der Waals surface area contributed by atoms with Gasteiger partial charge in [0.25, 0.3) is 0 Å². The molecule has 2 aromatic rings. The summed E-state index contributed by atoms with van der Waals surface area (Å²) < 4.78 is 0. The van der Waals surface area contributed by atoms with Crippen molar-refractivity contribution >= 4 is 23.5 Å². The van der Waals surface area contributed by atoms with Crippen LogP contribution in [0.25, 0.3) is 17.2 Å². The van der Waals surface area contributed by atoms with Crippen molar-refractivity contribution in [2.24, 2.45) is 22.4 Å². The maximum atomic E-state index is 12.3. The normalized spacial score (nSPS) is 15.3. The van der Waals surface area contributed by atoms with Gasteiger partial charge in [-0.15, -0.1) is 0 Å². The van der Waals surface area contributed by atoms with Crippen molar-refractivity contribution in [2.45, 2.75) is 52.5 Å². The van der Waals surface area contributed by atoms with Crippen LogP contribution >= 0.6 is 0 Å². The lowest BCUT2D eigenvalue weighted by Gasteiger charge is -2.18. The summed E-state index contributed by atoms with van der Waals surface area (Å²) >= 11 is 0. The van der Waals surface area contributed by atoms with E-state index >= 15 is 0 Å². The third-order valence-corrected chi connectivity index (χ3v) is 5.44. The van der Waals surface area contributed by atoms with Crippen LogP contribution in [-0.2, 0) is 11.3 Å². The fraction of sp³-hybridized carbons (Fsp3) is 0.417. The Balaban J connectivity index is 0.000000478. The molecule has 1 fully saturated rings. The Bertz CT molecular complexity index is 961. The van der Waals surface area contributed by atoms with Crippen LogP contribution in [0.4, 0.5) is 5.69 Å². The number of benzene rings is 1. The number of nitrogens with two attached hydrogens (primary N) is 2. The summed E-state index contributed by atoms with van der Waals surface area (Å²) in [4.78, 5) is 25.2. The van der Waals surface area contributed by atoms with Crippen LogP contribution in [0.15, 0.2) is 41.2 Å². The first-order chi connectivity index (χ1) is 15.0. The molecule has 2 aliphatic rings. The second kappa shape index (κ2) is 10.8. The average Bonchev–Trinajstić information content (AvgIpc) is 2.94. The van der Waals surface area contributed by atoms with E-state index in [0.29, 0.717) is 36.7 Å². The SMILES string of the molecule is CC1CCC1.CCCNC(=O)C1=Cc2ccc(-c3cnc(CN)nc3)cc2N=C(N)C1. The zero-order chi connectivity index (χ0) is 22.2. The van der Waals surface area contributed by atoms with Crippen LogP contribution < -0.4 is 16.8 Å². The number of nitrogens with one attached hydrogen (secondary N) is 1. The van der Waals surface area contributed by atoms with Crippen LogP contribution in [-0.4, -0.2) is 28.3 Å². The fourth-order valence-electron chi connectivity index (χ4n) is 3.29. The van der Waals surface area contributed by atoms with Gasteiger partial charge in [-0.05, 0) is 30.0 Å². The van der Waals surface area contributed by atoms with Crippen LogP contribution in [0, 0.1) is 5.92 Å². The lowest BCUT2D eigenvalue weighted by molar-refractivity contribution is -0.117. The molecular formula is C24H32N6O. The van der Waals surface area contributed by atoms with E-state index in [1.165, 1.54) is 19.3 Å². The van der Waals surface area contributed by atoms with Gasteiger partial charge in [-0.25, -0.2) is 15.0 Å². The first-order valence-corrected chi connectivity index (χ1v) is 11.0. The molecule has 2 heterocycles. The maximum Gasteiger partial charge on any atom is 0.247 e. The van der Waals surface area contributed by atoms with Crippen molar-refractivity contribution in [3.05, 3.63) is 47.6 Å². The Hall–Kier alpha value is -3.06. The molecule has 5 N–H and O–H groups in total. The monoisotopic (exact) mass is 420 g/mol. The molecule has 7 nitrogen and oxygen atoms in total. The quantitative estimate of drug-likeness (QED) is 0.681. The van der Waals surface area contributed by atoms with E-state index in [4.69, 9.17) is 11.5 Å². The van der Waals surface area contributed by atoms with E-state index in [-0.39, 0.29) is 5.91 Å². The van der Waals surface area contributed by atoms with Crippen LogP contribution in [0.3, 0.4) is 0 Å². The van der Waals surface area contributed by atoms with Crippen molar-refractivity contribution in [1.29, 1.82) is 0 Å². The molecule has 0 unspecified atom stereocenters. The Kier molecular flexibility index (Phi) is 7.89. The van der Waals surface area contributed by atoms with Gasteiger partial charge in [0, 0.05) is 42.1 Å². The number of fused-ring (bicyclic) bond motifs is 1. The van der Waals surface area contributed by atoms with Gasteiger partial charge >= 0.3 is 0 Å². The first-order valence-electron chi connectivity index (χ1n) is 11.0. The van der Waals surface area contributed by atoms with Crippen LogP contribution in [0.5, 0.6) is 0 Å². The second-order valence-electron chi connectivity index (χ2n) is 8.11. The van der Waals surface area contributed by atoms with Crippen LogP contribution in [0.1, 0.15) is 57.3 Å². The van der Waals surface area contributed by atoms with Crippen molar-refractivity contribution in [1.82, 2.24) is 15.3 Å². The average molecular weight is 421 g/mol. The fourth-order valence-corrected chi connectivity index (χ4v) is 3.29. The van der Waals surface area contributed by atoms with E-state index < -0.39 is 0 Å². The number of carbonyl (C=O) groups is 1. The minimum absolute atomic E-state index is 0.104. The molecule has 1 aliphatic carbocycles. The lowest BCUT2D eigenvalue weighted by atomic mass is 9.88. The van der Waals surface area contributed by atoms with E-state index in [2.05, 4.69) is 27.2 Å². The Labute approximate surface area is 184 Å². The first kappa shape index (κ1) is 22.6. The van der Waals surface area contributed by atoms with Crippen molar-refractivity contribution in [2.75, 3.05) is 6.54 Å². The molecule has 0 spiro atoms. The molecule has 7 heteroatoms. The van der Waals surface area contributed by atoms with Crippen molar-refractivity contribution in [3.8, 4) is 11.1 Å². The summed E-state index contributed by atoms with van der Waals surface area (Å²) in [6.45, 7) is 5.26. The molecule has 31 heavy (non-hydrogen) atoms. The topological polar surface area (TPSA) is 119 Å². The van der Waals surface area contributed by atoms with E-state index in [0.717, 1.165) is 34.7 Å². The highest BCUT2D eigenvalue weighted by atomic mass is 16.1. The Morgan fingerprint density at radius 3 is 2.48 bits per heavy atom. The molecule has 1 aromatic carbocycles. The molecule has 1 saturated carbocycles. The summed E-state index contributed by atoms with van der Waals surface area (Å²) in [7, 11) is 0. The summed E-state index contributed by atoms with van der Waals surface area (Å²) in [6, 6.07) is 5.80. The van der Waals surface area contributed by atoms with Crippen molar-refractivity contribution < 1.29 is 4.79 Å². The van der Waals surface area contributed by atoms with Gasteiger partial charge in [0.1, 0.15) is 11.7 Å². The summed E-state index contributed by atoms with van der Waals surface area (Å²) in [5.74, 6) is 1.97. The molecule has 0 saturated heterocycles. The maximum absolute atomic E-state index is 12.3. The van der Waals surface area contributed by atoms with Gasteiger partial charge < -0.3 is 16.8 Å². The molecule has 1 amide bonds. The summed E-state index contributed by atoms with van der Waals surface area (Å²) in [5, 5.41) is 2.88. The van der Waals surface area contributed by atoms with Crippen molar-refractivity contribution in [3.63, 3.8) is 0 Å². The molecule has 0 radical (unpaired) electrons. The number of hydrogen-bond donors (Lipinski definition) is 3. The Morgan fingerprint density at radius 1 is 1.19 bits per heavy atom. The molecular weight excluding hydrogens is 388 g/mol. The number of nitrogens with zero attached hydrogens (tertiary/aromatic N) is 3. The van der Waals surface area contributed by atoms with E-state index in [9.17, 15) is 4.79 Å². The highest BCUT2D eigenvalue weighted by molar-refractivity contribution is 6.05. The number of aliphatic imine (C=N–C) groups is 1. The number of carbonyl (C=O) groups excluding carboxylic acids is 1. The minimum Gasteiger partial charge on any atom is -0.387 e. The summed E-state index contributed by atoms with van der Waals surface area (Å²) in [5.41, 5.74) is 15.5. The van der Waals surface area contributed by atoms with Gasteiger partial charge in [0.15, 0.2) is 0 Å². The van der Waals surface area contributed by atoms with Crippen LogP contribution in [0.2, 0.25) is 0 Å². The molecule has 164 valence electrons.